The molecule has 0 aromatic heterocycles. The van der Waals surface area contributed by atoms with Crippen LogP contribution in [0.2, 0.25) is 5.02 Å². The minimum atomic E-state index is 0.0609. The van der Waals surface area contributed by atoms with E-state index in [1.54, 1.807) is 11.8 Å². The minimum absolute atomic E-state index is 0.0609. The molecule has 0 radical (unpaired) electrons. The van der Waals surface area contributed by atoms with Crippen LogP contribution in [0.25, 0.3) is 6.08 Å². The molecule has 3 fully saturated rings. The Hall–Kier alpha value is -3.22. The molecule has 1 aliphatic carbocycles. The lowest BCUT2D eigenvalue weighted by atomic mass is 9.92. The molecular weight excluding hydrogens is 562 g/mol. The summed E-state index contributed by atoms with van der Waals surface area (Å²) in [5.74, 6) is 0.148. The molecule has 2 heterocycles. The third kappa shape index (κ3) is 6.25. The highest BCUT2D eigenvalue weighted by atomic mass is 35.5. The maximum absolute atomic E-state index is 13.8. The fourth-order valence-electron chi connectivity index (χ4n) is 6.58. The van der Waals surface area contributed by atoms with Crippen LogP contribution < -0.4 is 4.90 Å². The molecule has 2 aliphatic heterocycles. The molecule has 3 aliphatic rings. The molecule has 218 valence electrons. The van der Waals surface area contributed by atoms with Crippen LogP contribution in [0, 0.1) is 6.92 Å². The van der Waals surface area contributed by atoms with Crippen molar-refractivity contribution in [2.45, 2.75) is 63.4 Å². The van der Waals surface area contributed by atoms with E-state index in [4.69, 9.17) is 11.6 Å². The maximum Gasteiger partial charge on any atom is 0.260 e. The number of nitrogens with zero attached hydrogens (tertiary/aromatic N) is 3. The summed E-state index contributed by atoms with van der Waals surface area (Å²) >= 11 is 7.99. The second-order valence-corrected chi connectivity index (χ2v) is 13.6. The van der Waals surface area contributed by atoms with Crippen LogP contribution in [0.3, 0.4) is 0 Å². The fourth-order valence-corrected chi connectivity index (χ4v) is 8.27. The zero-order chi connectivity index (χ0) is 29.2. The van der Waals surface area contributed by atoms with Crippen molar-refractivity contribution >= 4 is 46.9 Å². The van der Waals surface area contributed by atoms with E-state index >= 15 is 0 Å². The quantitative estimate of drug-likeness (QED) is 0.286. The van der Waals surface area contributed by atoms with Crippen molar-refractivity contribution in [1.29, 1.82) is 0 Å². The van der Waals surface area contributed by atoms with Gasteiger partial charge in [0.25, 0.3) is 11.8 Å². The Morgan fingerprint density at radius 3 is 2.55 bits per heavy atom. The number of aryl methyl sites for hydroxylation is 1. The van der Waals surface area contributed by atoms with E-state index in [0.717, 1.165) is 41.8 Å². The van der Waals surface area contributed by atoms with Gasteiger partial charge in [0.2, 0.25) is 0 Å². The first-order valence-electron chi connectivity index (χ1n) is 15.0. The average Bonchev–Trinajstić information content (AvgIpc) is 2.99. The third-order valence-electron chi connectivity index (χ3n) is 8.76. The Labute approximate surface area is 258 Å². The van der Waals surface area contributed by atoms with Crippen molar-refractivity contribution < 1.29 is 9.59 Å². The number of amides is 2. The summed E-state index contributed by atoms with van der Waals surface area (Å²) in [6, 6.07) is 24.6. The van der Waals surface area contributed by atoms with Crippen LogP contribution in [-0.2, 0) is 11.3 Å². The predicted octanol–water partition coefficient (Wildman–Crippen LogP) is 7.43. The summed E-state index contributed by atoms with van der Waals surface area (Å²) in [6.07, 6.45) is 6.53. The van der Waals surface area contributed by atoms with Crippen LogP contribution >= 0.6 is 23.4 Å². The summed E-state index contributed by atoms with van der Waals surface area (Å²) in [7, 11) is 0. The highest BCUT2D eigenvalue weighted by molar-refractivity contribution is 8.04. The van der Waals surface area contributed by atoms with Gasteiger partial charge in [-0.05, 0) is 85.9 Å². The van der Waals surface area contributed by atoms with Gasteiger partial charge in [0.1, 0.15) is 0 Å². The van der Waals surface area contributed by atoms with Crippen molar-refractivity contribution in [3.05, 3.63) is 105 Å². The van der Waals surface area contributed by atoms with Crippen molar-refractivity contribution in [1.82, 2.24) is 9.80 Å². The van der Waals surface area contributed by atoms with E-state index in [9.17, 15) is 9.59 Å². The van der Waals surface area contributed by atoms with E-state index in [-0.39, 0.29) is 23.9 Å². The summed E-state index contributed by atoms with van der Waals surface area (Å²) < 4.78 is 0. The summed E-state index contributed by atoms with van der Waals surface area (Å²) in [4.78, 5) is 34.4. The number of anilines is 1. The van der Waals surface area contributed by atoms with Crippen LogP contribution in [-0.4, -0.2) is 58.6 Å². The first-order valence-corrected chi connectivity index (χ1v) is 16.3. The smallest absolute Gasteiger partial charge is 0.260 e. The molecule has 1 saturated carbocycles. The Morgan fingerprint density at radius 2 is 1.79 bits per heavy atom. The summed E-state index contributed by atoms with van der Waals surface area (Å²) in [5.41, 5.74) is 5.15. The van der Waals surface area contributed by atoms with Crippen LogP contribution in [0.15, 0.2) is 77.7 Å². The maximum atomic E-state index is 13.8. The molecule has 2 amide bonds. The van der Waals surface area contributed by atoms with E-state index in [0.29, 0.717) is 35.5 Å². The SMILES string of the molecule is Cc1cccc(N2CCN(C(=O)c3ccc(/C=C4/SC5CCCCC5N(Cc5cccc(Cl)c5)C4=O)cc3)CC2C)c1. The van der Waals surface area contributed by atoms with E-state index in [1.165, 1.54) is 17.7 Å². The molecule has 3 aromatic rings. The topological polar surface area (TPSA) is 43.9 Å². The lowest BCUT2D eigenvalue weighted by Gasteiger charge is -2.44. The predicted molar refractivity (Wildman–Crippen MR) is 174 cm³/mol. The molecule has 5 nitrogen and oxygen atoms in total. The Bertz CT molecular complexity index is 1490. The Kier molecular flexibility index (Phi) is 8.64. The lowest BCUT2D eigenvalue weighted by Crippen LogP contribution is -2.53. The largest absolute Gasteiger partial charge is 0.365 e. The van der Waals surface area contributed by atoms with Gasteiger partial charge in [-0.25, -0.2) is 0 Å². The molecule has 0 N–H and O–H groups in total. The van der Waals surface area contributed by atoms with Gasteiger partial charge in [-0.15, -0.1) is 11.8 Å². The molecule has 3 atom stereocenters. The first-order chi connectivity index (χ1) is 20.4. The van der Waals surface area contributed by atoms with Crippen LogP contribution in [0.5, 0.6) is 0 Å². The van der Waals surface area contributed by atoms with Crippen molar-refractivity contribution in [2.75, 3.05) is 24.5 Å². The van der Waals surface area contributed by atoms with Crippen LogP contribution in [0.1, 0.15) is 59.7 Å². The molecule has 2 saturated heterocycles. The highest BCUT2D eigenvalue weighted by Gasteiger charge is 2.40. The van der Waals surface area contributed by atoms with E-state index in [1.807, 2.05) is 59.5 Å². The molecule has 0 spiro atoms. The number of hydrogen-bond donors (Lipinski definition) is 0. The van der Waals surface area contributed by atoms with Gasteiger partial charge in [-0.3, -0.25) is 9.59 Å². The second kappa shape index (κ2) is 12.6. The Balaban J connectivity index is 1.15. The number of benzene rings is 3. The van der Waals surface area contributed by atoms with Crippen molar-refractivity contribution in [3.63, 3.8) is 0 Å². The van der Waals surface area contributed by atoms with Crippen molar-refractivity contribution in [3.8, 4) is 0 Å². The van der Waals surface area contributed by atoms with Gasteiger partial charge in [0, 0.05) is 59.8 Å². The van der Waals surface area contributed by atoms with E-state index in [2.05, 4.69) is 47.9 Å². The van der Waals surface area contributed by atoms with Crippen LogP contribution in [0.4, 0.5) is 5.69 Å². The van der Waals surface area contributed by atoms with Gasteiger partial charge in [0.05, 0.1) is 4.91 Å². The number of hydrogen-bond acceptors (Lipinski definition) is 4. The molecule has 7 heteroatoms. The number of halogens is 1. The minimum Gasteiger partial charge on any atom is -0.365 e. The fraction of sp³-hybridized carbons (Fsp3) is 0.371. The molecule has 42 heavy (non-hydrogen) atoms. The average molecular weight is 600 g/mol. The lowest BCUT2D eigenvalue weighted by molar-refractivity contribution is -0.130. The molecule has 3 aromatic carbocycles. The summed E-state index contributed by atoms with van der Waals surface area (Å²) in [6.45, 7) is 7.06. The van der Waals surface area contributed by atoms with Gasteiger partial charge in [0.15, 0.2) is 0 Å². The van der Waals surface area contributed by atoms with E-state index < -0.39 is 0 Å². The molecule has 0 bridgehead atoms. The monoisotopic (exact) mass is 599 g/mol. The number of piperazine rings is 1. The van der Waals surface area contributed by atoms with Gasteiger partial charge >= 0.3 is 0 Å². The van der Waals surface area contributed by atoms with Gasteiger partial charge < -0.3 is 14.7 Å². The zero-order valence-corrected chi connectivity index (χ0v) is 25.9. The molecule has 6 rings (SSSR count). The highest BCUT2D eigenvalue weighted by Crippen LogP contribution is 2.43. The second-order valence-electron chi connectivity index (χ2n) is 11.8. The van der Waals surface area contributed by atoms with Crippen molar-refractivity contribution in [2.24, 2.45) is 0 Å². The zero-order valence-electron chi connectivity index (χ0n) is 24.3. The number of rotatable bonds is 5. The molecular formula is C35H38ClN3O2S. The summed E-state index contributed by atoms with van der Waals surface area (Å²) in [5, 5.41) is 1.10. The number of carbonyl (C=O) groups excluding carboxylic acids is 2. The standard InChI is InChI=1S/C35H38ClN3O2S/c1-24-7-5-10-30(19-24)38-18-17-37(22-25(38)2)34(40)28-15-13-26(14-16-28)21-33-35(41)39(23-27-8-6-9-29(36)20-27)31-11-3-4-12-32(31)42-33/h5-10,13-16,19-21,25,31-32H,3-4,11-12,17-18,22-23H2,1-2H3/b33-21+. The number of thioether (sulfide) groups is 1. The Morgan fingerprint density at radius 1 is 1.00 bits per heavy atom. The number of carbonyl (C=O) groups is 2. The normalized spacial score (nSPS) is 23.7. The van der Waals surface area contributed by atoms with Gasteiger partial charge in [-0.2, -0.15) is 0 Å². The first kappa shape index (κ1) is 28.9. The number of fused-ring (bicyclic) bond motifs is 1. The molecule has 3 unspecified atom stereocenters. The third-order valence-corrected chi connectivity index (χ3v) is 10.4. The van der Waals surface area contributed by atoms with Gasteiger partial charge in [-0.1, -0.05) is 60.8 Å².